The van der Waals surface area contributed by atoms with Crippen molar-refractivity contribution in [2.45, 2.75) is 18.5 Å². The second-order valence-electron chi connectivity index (χ2n) is 5.94. The van der Waals surface area contributed by atoms with Crippen molar-refractivity contribution in [2.75, 3.05) is 18.5 Å². The first-order valence-electron chi connectivity index (χ1n) is 8.18. The van der Waals surface area contributed by atoms with Crippen LogP contribution in [0.1, 0.15) is 28.4 Å². The Hall–Kier alpha value is -3.10. The first-order chi connectivity index (χ1) is 12.8. The van der Waals surface area contributed by atoms with Gasteiger partial charge in [-0.15, -0.1) is 0 Å². The van der Waals surface area contributed by atoms with Gasteiger partial charge in [0.1, 0.15) is 5.69 Å². The first-order valence-corrected chi connectivity index (χ1v) is 8.18. The zero-order valence-corrected chi connectivity index (χ0v) is 14.0. The Bertz CT molecular complexity index is 855. The molecule has 0 saturated heterocycles. The molecule has 0 bridgehead atoms. The summed E-state index contributed by atoms with van der Waals surface area (Å²) in [5.74, 6) is -1.34. The summed E-state index contributed by atoms with van der Waals surface area (Å²) < 4.78 is 41.1. The van der Waals surface area contributed by atoms with Crippen molar-refractivity contribution in [3.05, 3.63) is 53.7 Å². The fraction of sp³-hybridized carbons (Fsp3) is 0.278. The van der Waals surface area contributed by atoms with Crippen LogP contribution in [0, 0.1) is 0 Å². The van der Waals surface area contributed by atoms with E-state index in [2.05, 4.69) is 20.4 Å². The molecule has 27 heavy (non-hydrogen) atoms. The summed E-state index contributed by atoms with van der Waals surface area (Å²) in [7, 11) is 0. The maximum Gasteiger partial charge on any atom is 0.422 e. The molecule has 1 aromatic heterocycles. The fourth-order valence-electron chi connectivity index (χ4n) is 2.76. The van der Waals surface area contributed by atoms with Gasteiger partial charge >= 0.3 is 6.18 Å². The molecule has 2 heterocycles. The summed E-state index contributed by atoms with van der Waals surface area (Å²) in [5.41, 5.74) is 1.57. The molecule has 9 heteroatoms. The number of nitrogens with zero attached hydrogens (tertiary/aromatic N) is 1. The van der Waals surface area contributed by atoms with Gasteiger partial charge in [-0.25, -0.2) is 4.98 Å². The number of ether oxygens (including phenoxy) is 1. The van der Waals surface area contributed by atoms with Gasteiger partial charge in [0.2, 0.25) is 11.8 Å². The predicted molar refractivity (Wildman–Crippen MR) is 90.5 cm³/mol. The average molecular weight is 379 g/mol. The molecule has 1 aromatic carbocycles. The number of aromatic nitrogens is 1. The molecule has 1 aliphatic rings. The van der Waals surface area contributed by atoms with Crippen LogP contribution in [0.4, 0.5) is 18.9 Å². The SMILES string of the molecule is O=C(NCC[C@H]1C(=O)Nc2ccccc21)c1cccc(OCC(F)(F)F)n1. The Morgan fingerprint density at radius 2 is 1.96 bits per heavy atom. The maximum absolute atomic E-state index is 12.2. The van der Waals surface area contributed by atoms with E-state index in [9.17, 15) is 22.8 Å². The Balaban J connectivity index is 1.55. The van der Waals surface area contributed by atoms with E-state index in [1.807, 2.05) is 24.3 Å². The van der Waals surface area contributed by atoms with Gasteiger partial charge in [0.15, 0.2) is 6.61 Å². The Morgan fingerprint density at radius 1 is 1.19 bits per heavy atom. The number of rotatable bonds is 6. The van der Waals surface area contributed by atoms with Gasteiger partial charge < -0.3 is 15.4 Å². The van der Waals surface area contributed by atoms with E-state index in [0.717, 1.165) is 11.3 Å². The summed E-state index contributed by atoms with van der Waals surface area (Å²) in [6, 6.07) is 11.3. The second-order valence-corrected chi connectivity index (χ2v) is 5.94. The second kappa shape index (κ2) is 7.65. The Kier molecular flexibility index (Phi) is 5.29. The van der Waals surface area contributed by atoms with Crippen LogP contribution in [0.3, 0.4) is 0 Å². The largest absolute Gasteiger partial charge is 0.468 e. The monoisotopic (exact) mass is 379 g/mol. The lowest BCUT2D eigenvalue weighted by atomic mass is 9.97. The molecule has 6 nitrogen and oxygen atoms in total. The highest BCUT2D eigenvalue weighted by Crippen LogP contribution is 2.33. The van der Waals surface area contributed by atoms with Crippen molar-refractivity contribution in [2.24, 2.45) is 0 Å². The number of alkyl halides is 3. The normalized spacial score (nSPS) is 15.8. The van der Waals surface area contributed by atoms with Crippen molar-refractivity contribution < 1.29 is 27.5 Å². The van der Waals surface area contributed by atoms with E-state index in [0.29, 0.717) is 6.42 Å². The number of amides is 2. The molecular weight excluding hydrogens is 363 g/mol. The topological polar surface area (TPSA) is 80.3 Å². The summed E-state index contributed by atoms with van der Waals surface area (Å²) in [6.45, 7) is -1.28. The average Bonchev–Trinajstić information content (AvgIpc) is 2.95. The van der Waals surface area contributed by atoms with Crippen LogP contribution < -0.4 is 15.4 Å². The van der Waals surface area contributed by atoms with Crippen LogP contribution >= 0.6 is 0 Å². The van der Waals surface area contributed by atoms with Crippen molar-refractivity contribution in [3.63, 3.8) is 0 Å². The lowest BCUT2D eigenvalue weighted by Gasteiger charge is -2.11. The van der Waals surface area contributed by atoms with Crippen LogP contribution in [-0.4, -0.2) is 36.1 Å². The summed E-state index contributed by atoms with van der Waals surface area (Å²) in [4.78, 5) is 27.9. The highest BCUT2D eigenvalue weighted by molar-refractivity contribution is 6.02. The molecule has 3 rings (SSSR count). The van der Waals surface area contributed by atoms with Crippen LogP contribution in [0.2, 0.25) is 0 Å². The van der Waals surface area contributed by atoms with E-state index in [4.69, 9.17) is 0 Å². The molecule has 0 aliphatic carbocycles. The van der Waals surface area contributed by atoms with Gasteiger partial charge in [0.25, 0.3) is 5.91 Å². The first kappa shape index (κ1) is 18.7. The Labute approximate surface area is 152 Å². The Morgan fingerprint density at radius 3 is 2.74 bits per heavy atom. The quantitative estimate of drug-likeness (QED) is 0.809. The smallest absolute Gasteiger partial charge is 0.422 e. The molecule has 1 atom stereocenters. The lowest BCUT2D eigenvalue weighted by molar-refractivity contribution is -0.154. The van der Waals surface area contributed by atoms with Crippen molar-refractivity contribution >= 4 is 17.5 Å². The molecule has 2 N–H and O–H groups in total. The minimum absolute atomic E-state index is 0.0639. The summed E-state index contributed by atoms with van der Waals surface area (Å²) in [6.07, 6.45) is -4.10. The summed E-state index contributed by atoms with van der Waals surface area (Å²) >= 11 is 0. The molecule has 142 valence electrons. The molecular formula is C18H16F3N3O3. The van der Waals surface area contributed by atoms with Crippen molar-refractivity contribution in [1.82, 2.24) is 10.3 Å². The van der Waals surface area contributed by atoms with E-state index >= 15 is 0 Å². The standard InChI is InChI=1S/C18H16F3N3O3/c19-18(20,21)10-27-15-7-3-6-14(23-15)17(26)22-9-8-12-11-4-1-2-5-13(11)24-16(12)25/h1-7,12H,8-10H2,(H,22,26)(H,24,25)/t12-/m1/s1. The van der Waals surface area contributed by atoms with Gasteiger partial charge in [0.05, 0.1) is 5.92 Å². The van der Waals surface area contributed by atoms with Gasteiger partial charge in [-0.2, -0.15) is 13.2 Å². The van der Waals surface area contributed by atoms with E-state index in [1.165, 1.54) is 18.2 Å². The maximum atomic E-state index is 12.2. The molecule has 0 unspecified atom stereocenters. The third-order valence-electron chi connectivity index (χ3n) is 3.97. The number of carbonyl (C=O) groups is 2. The highest BCUT2D eigenvalue weighted by Gasteiger charge is 2.30. The van der Waals surface area contributed by atoms with E-state index < -0.39 is 18.7 Å². The number of fused-ring (bicyclic) bond motifs is 1. The number of hydrogen-bond acceptors (Lipinski definition) is 4. The summed E-state index contributed by atoms with van der Waals surface area (Å²) in [5, 5.41) is 5.40. The number of halogens is 3. The predicted octanol–water partition coefficient (Wildman–Crippen LogP) is 2.88. The third-order valence-corrected chi connectivity index (χ3v) is 3.97. The zero-order chi connectivity index (χ0) is 19.4. The number of para-hydroxylation sites is 1. The van der Waals surface area contributed by atoms with Gasteiger partial charge in [0, 0.05) is 18.3 Å². The highest BCUT2D eigenvalue weighted by atomic mass is 19.4. The van der Waals surface area contributed by atoms with E-state index in [1.54, 1.807) is 0 Å². The van der Waals surface area contributed by atoms with E-state index in [-0.39, 0.29) is 29.9 Å². The molecule has 2 aromatic rings. The molecule has 0 radical (unpaired) electrons. The third kappa shape index (κ3) is 4.75. The fourth-order valence-corrected chi connectivity index (χ4v) is 2.76. The van der Waals surface area contributed by atoms with Gasteiger partial charge in [-0.05, 0) is 24.1 Å². The molecule has 0 spiro atoms. The lowest BCUT2D eigenvalue weighted by Crippen LogP contribution is -2.28. The van der Waals surface area contributed by atoms with Crippen LogP contribution in [0.5, 0.6) is 5.88 Å². The van der Waals surface area contributed by atoms with Crippen LogP contribution in [0.15, 0.2) is 42.5 Å². The number of anilines is 1. The number of carbonyl (C=O) groups excluding carboxylic acids is 2. The molecule has 0 fully saturated rings. The number of benzene rings is 1. The number of hydrogen-bond donors (Lipinski definition) is 2. The van der Waals surface area contributed by atoms with Crippen LogP contribution in [0.25, 0.3) is 0 Å². The van der Waals surface area contributed by atoms with Crippen molar-refractivity contribution in [1.29, 1.82) is 0 Å². The number of nitrogens with one attached hydrogen (secondary N) is 2. The number of pyridine rings is 1. The zero-order valence-electron chi connectivity index (χ0n) is 14.0. The minimum Gasteiger partial charge on any atom is -0.468 e. The van der Waals surface area contributed by atoms with Crippen molar-refractivity contribution in [3.8, 4) is 5.88 Å². The van der Waals surface area contributed by atoms with Gasteiger partial charge in [-0.3, -0.25) is 9.59 Å². The van der Waals surface area contributed by atoms with Gasteiger partial charge in [-0.1, -0.05) is 24.3 Å². The molecule has 0 saturated carbocycles. The molecule has 2 amide bonds. The van der Waals surface area contributed by atoms with Crippen LogP contribution in [-0.2, 0) is 4.79 Å². The minimum atomic E-state index is -4.49. The molecule has 1 aliphatic heterocycles.